The number of aromatic nitrogens is 1. The van der Waals surface area contributed by atoms with Crippen molar-refractivity contribution in [3.63, 3.8) is 0 Å². The second kappa shape index (κ2) is 10.8. The average molecular weight is 481 g/mol. The number of nitrogens with zero attached hydrogens (tertiary/aromatic N) is 2. The molecule has 1 heterocycles. The lowest BCUT2D eigenvalue weighted by atomic mass is 10.0. The van der Waals surface area contributed by atoms with E-state index in [2.05, 4.69) is 72.0 Å². The summed E-state index contributed by atoms with van der Waals surface area (Å²) in [5, 5.41) is 0.736. The van der Waals surface area contributed by atoms with Gasteiger partial charge in [0.25, 0.3) is 0 Å². The topological polar surface area (TPSA) is 16.1 Å². The van der Waals surface area contributed by atoms with E-state index < -0.39 is 0 Å². The zero-order valence-electron chi connectivity index (χ0n) is 20.7. The molecule has 2 aliphatic rings. The molecule has 2 saturated carbocycles. The summed E-state index contributed by atoms with van der Waals surface area (Å²) in [4.78, 5) is 7.23. The van der Waals surface area contributed by atoms with E-state index in [0.717, 1.165) is 39.2 Å². The highest BCUT2D eigenvalue weighted by molar-refractivity contribution is 6.30. The number of allylic oxidation sites excluding steroid dienone is 1. The molecular weight excluding hydrogens is 448 g/mol. The Bertz CT molecular complexity index is 1210. The SMILES string of the molecule is C/C(=C\[C@@H](C)N(CC1CC1)CC1CC1)c1ccc(C#Cc2ccc(-c3ccc(Cl)cc3)cn2)cc1. The van der Waals surface area contributed by atoms with Crippen LogP contribution in [-0.2, 0) is 0 Å². The molecule has 0 N–H and O–H groups in total. The molecule has 3 aromatic rings. The van der Waals surface area contributed by atoms with E-state index in [1.165, 1.54) is 49.9 Å². The molecule has 3 heteroatoms. The van der Waals surface area contributed by atoms with Gasteiger partial charge in [-0.3, -0.25) is 4.90 Å². The summed E-state index contributed by atoms with van der Waals surface area (Å²) in [6, 6.07) is 20.9. The molecule has 2 aliphatic carbocycles. The molecule has 35 heavy (non-hydrogen) atoms. The van der Waals surface area contributed by atoms with E-state index in [9.17, 15) is 0 Å². The Labute approximate surface area is 215 Å². The van der Waals surface area contributed by atoms with E-state index in [1.807, 2.05) is 36.5 Å². The van der Waals surface area contributed by atoms with Crippen LogP contribution in [0.2, 0.25) is 5.02 Å². The average Bonchev–Trinajstić information content (AvgIpc) is 3.81. The van der Waals surface area contributed by atoms with Crippen LogP contribution in [0.4, 0.5) is 0 Å². The first-order valence-electron chi connectivity index (χ1n) is 12.8. The molecule has 1 aromatic heterocycles. The quantitative estimate of drug-likeness (QED) is 0.307. The van der Waals surface area contributed by atoms with Gasteiger partial charge in [-0.1, -0.05) is 53.9 Å². The van der Waals surface area contributed by atoms with Gasteiger partial charge in [0.2, 0.25) is 0 Å². The first-order valence-corrected chi connectivity index (χ1v) is 13.2. The summed E-state index contributed by atoms with van der Waals surface area (Å²) in [6.07, 6.45) is 9.98. The van der Waals surface area contributed by atoms with Gasteiger partial charge in [0.1, 0.15) is 5.69 Å². The first-order chi connectivity index (χ1) is 17.0. The number of benzene rings is 2. The fourth-order valence-corrected chi connectivity index (χ4v) is 4.59. The Morgan fingerprint density at radius 2 is 1.54 bits per heavy atom. The van der Waals surface area contributed by atoms with Crippen molar-refractivity contribution >= 4 is 17.2 Å². The van der Waals surface area contributed by atoms with Gasteiger partial charge >= 0.3 is 0 Å². The second-order valence-corrected chi connectivity index (χ2v) is 10.6. The lowest BCUT2D eigenvalue weighted by Crippen LogP contribution is -2.35. The molecule has 2 aromatic carbocycles. The van der Waals surface area contributed by atoms with Crippen LogP contribution in [0.15, 0.2) is 72.9 Å². The number of halogens is 1. The van der Waals surface area contributed by atoms with Gasteiger partial charge < -0.3 is 0 Å². The van der Waals surface area contributed by atoms with E-state index in [1.54, 1.807) is 0 Å². The van der Waals surface area contributed by atoms with Gasteiger partial charge in [-0.2, -0.15) is 0 Å². The van der Waals surface area contributed by atoms with Crippen LogP contribution < -0.4 is 0 Å². The van der Waals surface area contributed by atoms with Crippen molar-refractivity contribution in [2.45, 2.75) is 45.6 Å². The maximum atomic E-state index is 5.98. The minimum Gasteiger partial charge on any atom is -0.297 e. The van der Waals surface area contributed by atoms with Crippen molar-refractivity contribution in [1.82, 2.24) is 9.88 Å². The molecule has 0 spiro atoms. The van der Waals surface area contributed by atoms with Crippen LogP contribution >= 0.6 is 11.6 Å². The summed E-state index contributed by atoms with van der Waals surface area (Å²) in [7, 11) is 0. The fourth-order valence-electron chi connectivity index (χ4n) is 4.47. The number of hydrogen-bond donors (Lipinski definition) is 0. The smallest absolute Gasteiger partial charge is 0.113 e. The predicted molar refractivity (Wildman–Crippen MR) is 147 cm³/mol. The first kappa shape index (κ1) is 23.9. The minimum absolute atomic E-state index is 0.484. The minimum atomic E-state index is 0.484. The van der Waals surface area contributed by atoms with Gasteiger partial charge in [-0.25, -0.2) is 4.98 Å². The number of rotatable bonds is 8. The van der Waals surface area contributed by atoms with Crippen molar-refractivity contribution in [2.75, 3.05) is 13.1 Å². The van der Waals surface area contributed by atoms with Gasteiger partial charge in [-0.15, -0.1) is 0 Å². The largest absolute Gasteiger partial charge is 0.297 e. The molecule has 178 valence electrons. The molecule has 0 radical (unpaired) electrons. The monoisotopic (exact) mass is 480 g/mol. The molecule has 0 unspecified atom stereocenters. The summed E-state index contributed by atoms with van der Waals surface area (Å²) in [6.45, 7) is 7.13. The maximum absolute atomic E-state index is 5.98. The van der Waals surface area contributed by atoms with Crippen LogP contribution in [0.5, 0.6) is 0 Å². The van der Waals surface area contributed by atoms with E-state index in [-0.39, 0.29) is 0 Å². The molecule has 2 fully saturated rings. The normalized spacial score (nSPS) is 16.6. The van der Waals surface area contributed by atoms with Crippen LogP contribution in [0.3, 0.4) is 0 Å². The third-order valence-corrected chi connectivity index (χ3v) is 7.31. The lowest BCUT2D eigenvalue weighted by molar-refractivity contribution is 0.222. The van der Waals surface area contributed by atoms with Crippen molar-refractivity contribution in [3.05, 3.63) is 94.8 Å². The Morgan fingerprint density at radius 1 is 0.914 bits per heavy atom. The van der Waals surface area contributed by atoms with Crippen LogP contribution in [0.1, 0.15) is 56.4 Å². The molecule has 5 rings (SSSR count). The summed E-state index contributed by atoms with van der Waals surface area (Å²) in [5.74, 6) is 8.31. The highest BCUT2D eigenvalue weighted by atomic mass is 35.5. The molecule has 0 saturated heterocycles. The molecule has 2 nitrogen and oxygen atoms in total. The zero-order chi connectivity index (χ0) is 24.2. The van der Waals surface area contributed by atoms with Gasteiger partial charge in [-0.05, 0) is 104 Å². The number of hydrogen-bond acceptors (Lipinski definition) is 2. The van der Waals surface area contributed by atoms with Crippen molar-refractivity contribution in [1.29, 1.82) is 0 Å². The fraction of sp³-hybridized carbons (Fsp3) is 0.344. The predicted octanol–water partition coefficient (Wildman–Crippen LogP) is 7.72. The third kappa shape index (κ3) is 6.85. The van der Waals surface area contributed by atoms with Crippen molar-refractivity contribution < 1.29 is 0 Å². The van der Waals surface area contributed by atoms with Gasteiger partial charge in [0, 0.05) is 41.5 Å². The van der Waals surface area contributed by atoms with Crippen molar-refractivity contribution in [2.24, 2.45) is 11.8 Å². The lowest BCUT2D eigenvalue weighted by Gasteiger charge is -2.27. The van der Waals surface area contributed by atoms with Gasteiger partial charge in [0.15, 0.2) is 0 Å². The summed E-state index contributed by atoms with van der Waals surface area (Å²) < 4.78 is 0. The molecular formula is C32H33ClN2. The molecule has 0 amide bonds. The number of pyridine rings is 1. The van der Waals surface area contributed by atoms with E-state index in [0.29, 0.717) is 6.04 Å². The molecule has 0 bridgehead atoms. The summed E-state index contributed by atoms with van der Waals surface area (Å²) in [5.41, 5.74) is 6.53. The van der Waals surface area contributed by atoms with E-state index in [4.69, 9.17) is 11.6 Å². The molecule has 0 aliphatic heterocycles. The standard InChI is InChI=1S/C32H33ClN2/c1-23(19-24(2)35(21-26-3-4-26)22-27-5-6-27)28-10-7-25(8-11-28)9-17-32-18-14-30(20-34-32)29-12-15-31(33)16-13-29/h7-8,10-16,18-20,24,26-27H,3-6,21-22H2,1-2H3/b23-19+/t24-/m1/s1. The highest BCUT2D eigenvalue weighted by Crippen LogP contribution is 2.35. The summed E-state index contributed by atoms with van der Waals surface area (Å²) >= 11 is 5.98. The van der Waals surface area contributed by atoms with Crippen molar-refractivity contribution in [3.8, 4) is 23.0 Å². The molecule has 1 atom stereocenters. The Balaban J connectivity index is 1.22. The Kier molecular flexibility index (Phi) is 7.37. The maximum Gasteiger partial charge on any atom is 0.113 e. The van der Waals surface area contributed by atoms with Crippen LogP contribution in [-0.4, -0.2) is 29.0 Å². The van der Waals surface area contributed by atoms with Crippen LogP contribution in [0.25, 0.3) is 16.7 Å². The third-order valence-electron chi connectivity index (χ3n) is 7.06. The van der Waals surface area contributed by atoms with E-state index >= 15 is 0 Å². The zero-order valence-corrected chi connectivity index (χ0v) is 21.4. The van der Waals surface area contributed by atoms with Gasteiger partial charge in [0.05, 0.1) is 0 Å². The second-order valence-electron chi connectivity index (χ2n) is 10.2. The highest BCUT2D eigenvalue weighted by Gasteiger charge is 2.30. The Morgan fingerprint density at radius 3 is 2.11 bits per heavy atom. The Hall–Kier alpha value is -2.86. The van der Waals surface area contributed by atoms with Crippen LogP contribution in [0, 0.1) is 23.7 Å².